The molecule has 0 amide bonds. The molecule has 0 atom stereocenters. The maximum Gasteiger partial charge on any atom is 0.164 e. The topological polar surface area (TPSA) is 114 Å². The molecule has 0 bridgehead atoms. The standard InChI is InChI=1S/C34H16N2OS2.2C15H28O2.2Pt/c1-3-13-29-19(7-1)25-17-35-27(15-30(25)37-29)23-11-5-9-21-22-10-6-12-24(34(22)39-33(21)23)28-16-32-26(18-36-28)20-8-2-4-14-31(20)38-32;2*1-7-14(5,8-2)12(16)11-13(17)15(6,9-3)10-4;;/h1-10,13-18H;2*11,16H,7-10H2,1-6H3;;/q-2;;;;/b;2*12-11-;;. The van der Waals surface area contributed by atoms with Crippen LogP contribution in [0.2, 0.25) is 0 Å². The van der Waals surface area contributed by atoms with Crippen molar-refractivity contribution in [1.82, 2.24) is 9.97 Å². The average molecular weight is 1400 g/mol. The Balaban J connectivity index is 0.000000245. The zero-order valence-electron chi connectivity index (χ0n) is 45.5. The fraction of sp³-hybridized carbons (Fsp3) is 0.375. The van der Waals surface area contributed by atoms with Crippen LogP contribution in [-0.4, -0.2) is 31.7 Å². The second-order valence-corrected chi connectivity index (χ2v) is 22.6. The molecule has 5 aromatic heterocycles. The zero-order chi connectivity index (χ0) is 52.9. The number of carbonyl (C=O) groups is 2. The largest absolute Gasteiger partial charge is 0.512 e. The number of ketones is 2. The summed E-state index contributed by atoms with van der Waals surface area (Å²) in [7, 11) is 0. The quantitative estimate of drug-likeness (QED) is 0.0563. The summed E-state index contributed by atoms with van der Waals surface area (Å²) in [6, 6.07) is 36.1. The van der Waals surface area contributed by atoms with Crippen LogP contribution in [0.15, 0.2) is 125 Å². The first-order valence-electron chi connectivity index (χ1n) is 26.1. The van der Waals surface area contributed by atoms with Gasteiger partial charge in [-0.1, -0.05) is 135 Å². The Labute approximate surface area is 480 Å². The van der Waals surface area contributed by atoms with Crippen molar-refractivity contribution >= 4 is 96.5 Å². The van der Waals surface area contributed by atoms with E-state index in [4.69, 9.17) is 14.4 Å². The molecule has 402 valence electrons. The molecule has 11 heteroatoms. The number of thiophene rings is 2. The van der Waals surface area contributed by atoms with Gasteiger partial charge in [0.15, 0.2) is 11.6 Å². The van der Waals surface area contributed by atoms with E-state index < -0.39 is 0 Å². The molecule has 7 nitrogen and oxygen atoms in total. The summed E-state index contributed by atoms with van der Waals surface area (Å²) >= 11 is 3.57. The maximum atomic E-state index is 12.2. The number of nitrogens with zero attached hydrogens (tertiary/aromatic N) is 2. The van der Waals surface area contributed by atoms with Crippen LogP contribution in [0.1, 0.15) is 134 Å². The van der Waals surface area contributed by atoms with Gasteiger partial charge in [-0.3, -0.25) is 9.59 Å². The number of furan rings is 1. The summed E-state index contributed by atoms with van der Waals surface area (Å²) in [6.07, 6.45) is 13.4. The van der Waals surface area contributed by atoms with Gasteiger partial charge < -0.3 is 24.6 Å². The van der Waals surface area contributed by atoms with Crippen molar-refractivity contribution in [1.29, 1.82) is 0 Å². The number of fused-ring (bicyclic) bond motifs is 9. The van der Waals surface area contributed by atoms with Crippen LogP contribution < -0.4 is 0 Å². The van der Waals surface area contributed by atoms with E-state index in [2.05, 4.69) is 60.7 Å². The average Bonchev–Trinajstić information content (AvgIpc) is 4.13. The molecule has 4 aromatic carbocycles. The number of hydrogen-bond acceptors (Lipinski definition) is 9. The Morgan fingerprint density at radius 3 is 1.41 bits per heavy atom. The first kappa shape index (κ1) is 61.1. The Morgan fingerprint density at radius 1 is 0.507 bits per heavy atom. The fourth-order valence-electron chi connectivity index (χ4n) is 8.97. The fourth-order valence-corrected chi connectivity index (χ4v) is 11.4. The summed E-state index contributed by atoms with van der Waals surface area (Å²) in [5.74, 6) is 0.572. The molecule has 0 saturated heterocycles. The summed E-state index contributed by atoms with van der Waals surface area (Å²) in [5, 5.41) is 27.2. The molecule has 0 aliphatic carbocycles. The first-order chi connectivity index (χ1) is 34.9. The summed E-state index contributed by atoms with van der Waals surface area (Å²) in [4.78, 5) is 34.1. The van der Waals surface area contributed by atoms with Crippen molar-refractivity contribution < 1.29 is 66.3 Å². The Kier molecular flexibility index (Phi) is 20.8. The van der Waals surface area contributed by atoms with Crippen LogP contribution in [0.3, 0.4) is 0 Å². The van der Waals surface area contributed by atoms with Gasteiger partial charge in [-0.05, 0) is 81.0 Å². The molecule has 0 fully saturated rings. The van der Waals surface area contributed by atoms with E-state index in [1.54, 1.807) is 11.3 Å². The number of rotatable bonds is 16. The van der Waals surface area contributed by atoms with Crippen LogP contribution in [0.5, 0.6) is 0 Å². The molecule has 9 aromatic rings. The smallest absolute Gasteiger partial charge is 0.164 e. The van der Waals surface area contributed by atoms with E-state index >= 15 is 0 Å². The third-order valence-electron chi connectivity index (χ3n) is 16.6. The normalized spacial score (nSPS) is 12.6. The van der Waals surface area contributed by atoms with Crippen molar-refractivity contribution in [2.24, 2.45) is 21.7 Å². The second-order valence-electron chi connectivity index (χ2n) is 20.5. The number of carbonyl (C=O) groups excluding carboxylic acids is 2. The van der Waals surface area contributed by atoms with Gasteiger partial charge in [-0.15, -0.1) is 69.6 Å². The number of allylic oxidation sites excluding steroid dienone is 4. The SMILES string of the molecule is CCC(C)(CC)C(=O)/C=C(\O)C(C)(CC)CC.CCC(C)(CC)C(=O)/C=C(\O)C(C)(CC)CC.[Pt].[Pt].[c-]1ccc2c(sc3c(-c4cc5sc6ccccc6c5cn4)[c-]ccc32)c1-c1cc2oc3ccccc3c2cn1. The van der Waals surface area contributed by atoms with Gasteiger partial charge >= 0.3 is 0 Å². The van der Waals surface area contributed by atoms with Crippen molar-refractivity contribution in [3.63, 3.8) is 0 Å². The molecule has 75 heavy (non-hydrogen) atoms. The molecule has 9 rings (SSSR count). The van der Waals surface area contributed by atoms with E-state index in [1.165, 1.54) is 47.8 Å². The van der Waals surface area contributed by atoms with Crippen LogP contribution >= 0.6 is 22.7 Å². The van der Waals surface area contributed by atoms with Gasteiger partial charge in [0.2, 0.25) is 0 Å². The third-order valence-corrected chi connectivity index (χ3v) is 19.0. The minimum Gasteiger partial charge on any atom is -0.512 e. The summed E-state index contributed by atoms with van der Waals surface area (Å²) in [5.41, 5.74) is 4.31. The Bertz CT molecular complexity index is 3270. The van der Waals surface area contributed by atoms with Gasteiger partial charge in [0.1, 0.15) is 22.7 Å². The van der Waals surface area contributed by atoms with E-state index in [1.807, 2.05) is 143 Å². The van der Waals surface area contributed by atoms with Crippen molar-refractivity contribution in [3.8, 4) is 22.5 Å². The van der Waals surface area contributed by atoms with E-state index in [0.717, 1.165) is 101 Å². The number of aliphatic hydroxyl groups is 2. The molecule has 2 N–H and O–H groups in total. The van der Waals surface area contributed by atoms with Crippen LogP contribution in [0.4, 0.5) is 0 Å². The maximum absolute atomic E-state index is 12.2. The van der Waals surface area contributed by atoms with Gasteiger partial charge in [-0.2, -0.15) is 0 Å². The molecule has 0 unspecified atom stereocenters. The summed E-state index contributed by atoms with van der Waals surface area (Å²) < 4.78 is 11.0. The van der Waals surface area contributed by atoms with Crippen molar-refractivity contribution in [2.45, 2.75) is 134 Å². The first-order valence-corrected chi connectivity index (χ1v) is 27.8. The summed E-state index contributed by atoms with van der Waals surface area (Å²) in [6.45, 7) is 24.2. The van der Waals surface area contributed by atoms with Gasteiger partial charge in [0, 0.05) is 119 Å². The van der Waals surface area contributed by atoms with Gasteiger partial charge in [0.25, 0.3) is 0 Å². The predicted octanol–water partition coefficient (Wildman–Crippen LogP) is 19.3. The molecule has 0 radical (unpaired) electrons. The number of benzene rings is 4. The second kappa shape index (κ2) is 25.6. The molecule has 5 heterocycles. The van der Waals surface area contributed by atoms with E-state index in [9.17, 15) is 19.8 Å². The zero-order valence-corrected chi connectivity index (χ0v) is 51.7. The molecular formula is C64H72N2O5Pt2S2-2. The molecule has 0 aliphatic heterocycles. The number of aliphatic hydroxyl groups excluding tert-OH is 2. The van der Waals surface area contributed by atoms with Gasteiger partial charge in [0.05, 0.1) is 0 Å². The van der Waals surface area contributed by atoms with Crippen molar-refractivity contribution in [3.05, 3.63) is 133 Å². The Morgan fingerprint density at radius 2 is 0.933 bits per heavy atom. The van der Waals surface area contributed by atoms with E-state index in [-0.39, 0.29) is 86.9 Å². The number of hydrogen-bond donors (Lipinski definition) is 2. The Hall–Kier alpha value is -4.78. The van der Waals surface area contributed by atoms with Crippen molar-refractivity contribution in [2.75, 3.05) is 0 Å². The van der Waals surface area contributed by atoms with Crippen LogP contribution in [0, 0.1) is 33.8 Å². The minimum absolute atomic E-state index is 0. The van der Waals surface area contributed by atoms with Crippen LogP contribution in [-0.2, 0) is 51.7 Å². The molecule has 0 spiro atoms. The molecule has 0 saturated carbocycles. The third kappa shape index (κ3) is 12.3. The predicted molar refractivity (Wildman–Crippen MR) is 310 cm³/mol. The number of pyridine rings is 2. The molecule has 0 aliphatic rings. The number of para-hydroxylation sites is 1. The molecular weight excluding hydrogens is 1330 g/mol. The number of aromatic nitrogens is 2. The minimum atomic E-state index is -0.337. The van der Waals surface area contributed by atoms with Crippen LogP contribution in [0.25, 0.3) is 84.8 Å². The van der Waals surface area contributed by atoms with E-state index in [0.29, 0.717) is 0 Å². The monoisotopic (exact) mass is 1400 g/mol. The van der Waals surface area contributed by atoms with Gasteiger partial charge in [-0.25, -0.2) is 11.3 Å².